The van der Waals surface area contributed by atoms with Crippen molar-refractivity contribution in [2.24, 2.45) is 5.73 Å². The summed E-state index contributed by atoms with van der Waals surface area (Å²) < 4.78 is 39.5. The highest BCUT2D eigenvalue weighted by atomic mass is 35.5. The number of anilines is 1. The summed E-state index contributed by atoms with van der Waals surface area (Å²) in [5.74, 6) is -0.261. The lowest BCUT2D eigenvalue weighted by molar-refractivity contribution is -0.142. The van der Waals surface area contributed by atoms with Crippen LogP contribution < -0.4 is 11.1 Å². The van der Waals surface area contributed by atoms with E-state index in [9.17, 15) is 18.0 Å². The number of aromatic nitrogens is 2. The van der Waals surface area contributed by atoms with Crippen LogP contribution >= 0.6 is 12.4 Å². The van der Waals surface area contributed by atoms with Gasteiger partial charge in [-0.05, 0) is 43.2 Å². The van der Waals surface area contributed by atoms with Gasteiger partial charge in [0.05, 0.1) is 17.4 Å². The lowest BCUT2D eigenvalue weighted by Gasteiger charge is -2.22. The van der Waals surface area contributed by atoms with Crippen LogP contribution in [-0.4, -0.2) is 21.2 Å². The van der Waals surface area contributed by atoms with E-state index < -0.39 is 17.4 Å². The highest BCUT2D eigenvalue weighted by molar-refractivity contribution is 5.98. The highest BCUT2D eigenvalue weighted by Gasteiger charge is 2.37. The van der Waals surface area contributed by atoms with Crippen molar-refractivity contribution >= 4 is 24.0 Å². The van der Waals surface area contributed by atoms with E-state index >= 15 is 0 Å². The molecule has 1 heterocycles. The Kier molecular flexibility index (Phi) is 5.43. The number of amides is 1. The van der Waals surface area contributed by atoms with Crippen molar-refractivity contribution < 1.29 is 18.0 Å². The van der Waals surface area contributed by atoms with Gasteiger partial charge in [0.15, 0.2) is 0 Å². The number of hydrogen-bond acceptors (Lipinski definition) is 3. The zero-order chi connectivity index (χ0) is 17.4. The van der Waals surface area contributed by atoms with E-state index in [2.05, 4.69) is 10.4 Å². The zero-order valence-corrected chi connectivity index (χ0v) is 14.0. The summed E-state index contributed by atoms with van der Waals surface area (Å²) in [5.41, 5.74) is 5.11. The Morgan fingerprint density at radius 1 is 1.16 bits per heavy atom. The van der Waals surface area contributed by atoms with Crippen molar-refractivity contribution in [3.05, 3.63) is 42.2 Å². The van der Waals surface area contributed by atoms with E-state index in [0.717, 1.165) is 29.8 Å². The first-order valence-corrected chi connectivity index (χ1v) is 7.62. The molecule has 1 aromatic heterocycles. The fourth-order valence-corrected chi connectivity index (χ4v) is 2.90. The van der Waals surface area contributed by atoms with E-state index in [4.69, 9.17) is 5.73 Å². The van der Waals surface area contributed by atoms with Gasteiger partial charge in [0.25, 0.3) is 0 Å². The largest absolute Gasteiger partial charge is 0.433 e. The van der Waals surface area contributed by atoms with Gasteiger partial charge < -0.3 is 11.1 Å². The predicted molar refractivity (Wildman–Crippen MR) is 89.8 cm³/mol. The van der Waals surface area contributed by atoms with Gasteiger partial charge in [-0.15, -0.1) is 12.4 Å². The third-order valence-corrected chi connectivity index (χ3v) is 4.25. The van der Waals surface area contributed by atoms with E-state index in [1.54, 1.807) is 0 Å². The Morgan fingerprint density at radius 2 is 1.76 bits per heavy atom. The molecule has 0 atom stereocenters. The molecule has 1 aliphatic rings. The molecule has 25 heavy (non-hydrogen) atoms. The molecule has 0 radical (unpaired) electrons. The molecule has 2 aromatic rings. The average Bonchev–Trinajstić information content (AvgIpc) is 3.17. The van der Waals surface area contributed by atoms with Crippen LogP contribution in [0.1, 0.15) is 31.4 Å². The van der Waals surface area contributed by atoms with E-state index in [1.807, 2.05) is 0 Å². The number of rotatable bonds is 3. The second-order valence-corrected chi connectivity index (χ2v) is 5.99. The number of nitrogens with two attached hydrogens (primary N) is 1. The van der Waals surface area contributed by atoms with E-state index in [1.165, 1.54) is 24.3 Å². The van der Waals surface area contributed by atoms with Crippen molar-refractivity contribution in [1.29, 1.82) is 0 Å². The summed E-state index contributed by atoms with van der Waals surface area (Å²) in [6.07, 6.45) is -0.280. The summed E-state index contributed by atoms with van der Waals surface area (Å²) >= 11 is 0. The number of carbonyl (C=O) groups is 1. The Hall–Kier alpha value is -2.06. The summed E-state index contributed by atoms with van der Waals surface area (Å²) in [4.78, 5) is 12.2. The Morgan fingerprint density at radius 3 is 2.32 bits per heavy atom. The molecular formula is C16H18ClF3N4O. The molecule has 0 bridgehead atoms. The predicted octanol–water partition coefficient (Wildman–Crippen LogP) is 3.52. The number of benzene rings is 1. The van der Waals surface area contributed by atoms with Crippen LogP contribution in [0.3, 0.4) is 0 Å². The molecule has 0 saturated heterocycles. The Balaban J connectivity index is 0.00000225. The van der Waals surface area contributed by atoms with Crippen LogP contribution in [0.4, 0.5) is 18.9 Å². The first kappa shape index (κ1) is 19.3. The summed E-state index contributed by atoms with van der Waals surface area (Å²) in [5, 5.41) is 6.43. The van der Waals surface area contributed by atoms with Gasteiger partial charge in [0, 0.05) is 5.69 Å². The van der Waals surface area contributed by atoms with Crippen molar-refractivity contribution in [2.75, 3.05) is 5.32 Å². The highest BCUT2D eigenvalue weighted by Crippen LogP contribution is 2.31. The fourth-order valence-electron chi connectivity index (χ4n) is 2.90. The van der Waals surface area contributed by atoms with Gasteiger partial charge in [-0.3, -0.25) is 4.79 Å². The molecule has 3 rings (SSSR count). The maximum absolute atomic E-state index is 12.9. The van der Waals surface area contributed by atoms with Crippen LogP contribution in [0.5, 0.6) is 0 Å². The third kappa shape index (κ3) is 3.96. The second kappa shape index (κ2) is 7.05. The van der Waals surface area contributed by atoms with Crippen molar-refractivity contribution in [3.63, 3.8) is 0 Å². The van der Waals surface area contributed by atoms with Gasteiger partial charge in [-0.2, -0.15) is 18.3 Å². The molecule has 1 aromatic carbocycles. The van der Waals surface area contributed by atoms with Crippen LogP contribution in [0.25, 0.3) is 5.69 Å². The standard InChI is InChI=1S/C16H17F3N4O.ClH/c17-16(18,19)13-7-10-21-23(13)12-5-3-11(4-6-12)22-14(24)15(20)8-1-2-9-15;/h3-7,10H,1-2,8-9,20H2,(H,22,24);1H. The third-order valence-electron chi connectivity index (χ3n) is 4.25. The molecule has 1 saturated carbocycles. The molecular weight excluding hydrogens is 357 g/mol. The van der Waals surface area contributed by atoms with Gasteiger partial charge in [-0.25, -0.2) is 4.68 Å². The van der Waals surface area contributed by atoms with Gasteiger partial charge in [-0.1, -0.05) is 12.8 Å². The maximum Gasteiger partial charge on any atom is 0.433 e. The number of carbonyl (C=O) groups excluding carboxylic acids is 1. The van der Waals surface area contributed by atoms with Gasteiger partial charge in [0.1, 0.15) is 5.69 Å². The molecule has 1 aliphatic carbocycles. The number of nitrogens with one attached hydrogen (secondary N) is 1. The molecule has 9 heteroatoms. The van der Waals surface area contributed by atoms with Gasteiger partial charge >= 0.3 is 6.18 Å². The monoisotopic (exact) mass is 374 g/mol. The van der Waals surface area contributed by atoms with Crippen LogP contribution in [0.2, 0.25) is 0 Å². The minimum Gasteiger partial charge on any atom is -0.324 e. The normalized spacial score (nSPS) is 16.3. The molecule has 136 valence electrons. The topological polar surface area (TPSA) is 72.9 Å². The summed E-state index contributed by atoms with van der Waals surface area (Å²) in [6, 6.07) is 6.92. The van der Waals surface area contributed by atoms with E-state index in [-0.39, 0.29) is 24.0 Å². The molecule has 0 aliphatic heterocycles. The number of hydrogen-bond donors (Lipinski definition) is 2. The number of halogens is 4. The number of alkyl halides is 3. The molecule has 3 N–H and O–H groups in total. The summed E-state index contributed by atoms with van der Waals surface area (Å²) in [7, 11) is 0. The molecule has 1 amide bonds. The Labute approximate surface area is 148 Å². The van der Waals surface area contributed by atoms with Gasteiger partial charge in [0.2, 0.25) is 5.91 Å². The lowest BCUT2D eigenvalue weighted by Crippen LogP contribution is -2.48. The van der Waals surface area contributed by atoms with Crippen LogP contribution in [-0.2, 0) is 11.0 Å². The van der Waals surface area contributed by atoms with Crippen LogP contribution in [0.15, 0.2) is 36.5 Å². The second-order valence-electron chi connectivity index (χ2n) is 5.99. The van der Waals surface area contributed by atoms with Crippen molar-refractivity contribution in [1.82, 2.24) is 9.78 Å². The Bertz CT molecular complexity index is 737. The minimum atomic E-state index is -4.49. The van der Waals surface area contributed by atoms with E-state index in [0.29, 0.717) is 18.5 Å². The summed E-state index contributed by atoms with van der Waals surface area (Å²) in [6.45, 7) is 0. The molecule has 1 fully saturated rings. The smallest absolute Gasteiger partial charge is 0.324 e. The first-order chi connectivity index (χ1) is 11.3. The minimum absolute atomic E-state index is 0. The molecule has 0 unspecified atom stereocenters. The zero-order valence-electron chi connectivity index (χ0n) is 13.2. The molecule has 5 nitrogen and oxygen atoms in total. The first-order valence-electron chi connectivity index (χ1n) is 7.62. The fraction of sp³-hybridized carbons (Fsp3) is 0.375. The number of nitrogens with zero attached hydrogens (tertiary/aromatic N) is 2. The maximum atomic E-state index is 12.9. The average molecular weight is 375 g/mol. The van der Waals surface area contributed by atoms with Crippen molar-refractivity contribution in [2.45, 2.75) is 37.4 Å². The molecule has 0 spiro atoms. The van der Waals surface area contributed by atoms with Crippen LogP contribution in [0, 0.1) is 0 Å². The van der Waals surface area contributed by atoms with Crippen molar-refractivity contribution in [3.8, 4) is 5.69 Å². The lowest BCUT2D eigenvalue weighted by atomic mass is 9.98. The quantitative estimate of drug-likeness (QED) is 0.863. The SMILES string of the molecule is Cl.NC1(C(=O)Nc2ccc(-n3nccc3C(F)(F)F)cc2)CCCC1.